The van der Waals surface area contributed by atoms with Crippen LogP contribution in [-0.2, 0) is 18.3 Å². The first kappa shape index (κ1) is 25.4. The van der Waals surface area contributed by atoms with Crippen molar-refractivity contribution in [1.82, 2.24) is 35.0 Å². The Hall–Kier alpha value is -4.28. The molecule has 2 aromatic heterocycles. The van der Waals surface area contributed by atoms with E-state index in [0.717, 1.165) is 16.5 Å². The van der Waals surface area contributed by atoms with E-state index in [-0.39, 0.29) is 24.2 Å². The molecule has 2 amide bonds. The molecule has 5 rings (SSSR count). The lowest BCUT2D eigenvalue weighted by atomic mass is 10.0. The second-order valence-corrected chi connectivity index (χ2v) is 10.6. The molecule has 1 N–H and O–H groups in total. The number of fused-ring (bicyclic) bond motifs is 1. The van der Waals surface area contributed by atoms with Crippen LogP contribution in [-0.4, -0.2) is 65.9 Å². The molecule has 2 atom stereocenters. The molecule has 1 fully saturated rings. The van der Waals surface area contributed by atoms with E-state index in [9.17, 15) is 9.59 Å². The summed E-state index contributed by atoms with van der Waals surface area (Å²) < 4.78 is 24.1. The van der Waals surface area contributed by atoms with Gasteiger partial charge in [-0.25, -0.2) is 9.18 Å². The highest BCUT2D eigenvalue weighted by Crippen LogP contribution is 2.27. The molecule has 1 aliphatic rings. The van der Waals surface area contributed by atoms with Gasteiger partial charge in [0.2, 0.25) is 0 Å². The summed E-state index contributed by atoms with van der Waals surface area (Å²) in [5.41, 5.74) is 1.75. The van der Waals surface area contributed by atoms with Crippen molar-refractivity contribution in [3.63, 3.8) is 0 Å². The Morgan fingerprint density at radius 2 is 1.92 bits per heavy atom. The molecule has 2 aromatic carbocycles. The van der Waals surface area contributed by atoms with Crippen LogP contribution in [0.15, 0.2) is 55.0 Å². The quantitative estimate of drug-likeness (QED) is 0.430. The molecule has 10 nitrogen and oxygen atoms in total. The molecule has 1 aliphatic heterocycles. The maximum atomic E-state index is 15.1. The van der Waals surface area contributed by atoms with Crippen LogP contribution in [0, 0.1) is 5.82 Å². The van der Waals surface area contributed by atoms with Gasteiger partial charge in [-0.2, -0.15) is 5.10 Å². The molecular weight excluding hydrogens is 489 g/mol. The molecule has 198 valence electrons. The Kier molecular flexibility index (Phi) is 6.60. The fraction of sp³-hybridized carbons (Fsp3) is 0.370. The van der Waals surface area contributed by atoms with Crippen molar-refractivity contribution >= 4 is 22.9 Å². The van der Waals surface area contributed by atoms with E-state index in [1.165, 1.54) is 12.1 Å². The summed E-state index contributed by atoms with van der Waals surface area (Å²) in [6.07, 6.45) is 5.03. The van der Waals surface area contributed by atoms with Crippen LogP contribution in [0.25, 0.3) is 22.0 Å². The molecule has 0 saturated carbocycles. The number of rotatable bonds is 5. The van der Waals surface area contributed by atoms with Gasteiger partial charge in [0.05, 0.1) is 36.1 Å². The van der Waals surface area contributed by atoms with E-state index in [1.807, 2.05) is 25.2 Å². The number of benzene rings is 2. The minimum atomic E-state index is -0.664. The van der Waals surface area contributed by atoms with E-state index >= 15 is 4.39 Å². The van der Waals surface area contributed by atoms with E-state index in [0.29, 0.717) is 18.5 Å². The number of likely N-dealkylation sites (tertiary alicyclic amines) is 1. The monoisotopic (exact) mass is 519 g/mol. The number of hydrogen-bond acceptors (Lipinski definition) is 6. The second kappa shape index (κ2) is 9.88. The summed E-state index contributed by atoms with van der Waals surface area (Å²) in [6, 6.07) is 9.70. The molecule has 4 aromatic rings. The zero-order valence-corrected chi connectivity index (χ0v) is 21.8. The van der Waals surface area contributed by atoms with E-state index < -0.39 is 23.4 Å². The highest BCUT2D eigenvalue weighted by Gasteiger charge is 2.38. The largest absolute Gasteiger partial charge is 0.444 e. The third-order valence-electron chi connectivity index (χ3n) is 6.54. The average molecular weight is 520 g/mol. The zero-order valence-electron chi connectivity index (χ0n) is 21.8. The van der Waals surface area contributed by atoms with Crippen molar-refractivity contribution in [2.75, 3.05) is 6.54 Å². The first-order valence-corrected chi connectivity index (χ1v) is 12.4. The van der Waals surface area contributed by atoms with E-state index in [2.05, 4.69) is 20.7 Å². The highest BCUT2D eigenvalue weighted by atomic mass is 19.1. The molecule has 0 aliphatic carbocycles. The van der Waals surface area contributed by atoms with Gasteiger partial charge in [-0.05, 0) is 62.6 Å². The number of halogens is 1. The van der Waals surface area contributed by atoms with Gasteiger partial charge in [-0.3, -0.25) is 14.2 Å². The summed E-state index contributed by atoms with van der Waals surface area (Å²) >= 11 is 0. The first-order valence-electron chi connectivity index (χ1n) is 12.4. The normalized spacial score (nSPS) is 17.7. The van der Waals surface area contributed by atoms with Crippen molar-refractivity contribution in [3.05, 3.63) is 66.4 Å². The summed E-state index contributed by atoms with van der Waals surface area (Å²) in [5.74, 6) is -1.15. The summed E-state index contributed by atoms with van der Waals surface area (Å²) in [5, 5.41) is 15.9. The van der Waals surface area contributed by atoms with Crippen LogP contribution in [0.1, 0.15) is 37.6 Å². The van der Waals surface area contributed by atoms with Gasteiger partial charge in [0.1, 0.15) is 11.4 Å². The van der Waals surface area contributed by atoms with Crippen LogP contribution >= 0.6 is 0 Å². The predicted molar refractivity (Wildman–Crippen MR) is 139 cm³/mol. The first-order chi connectivity index (χ1) is 18.1. The lowest BCUT2D eigenvalue weighted by Gasteiger charge is -2.28. The number of hydrogen-bond donors (Lipinski definition) is 1. The standard InChI is InChI=1S/C27H30FN7O3/c1-27(2,3)38-26(37)35-15-20(13-21(35)16-34-10-9-29-32-34)31-25(36)22-7-5-18(12-23(22)28)17-6-8-24-19(11-17)14-30-33(24)4/h5-12,14,20-21H,13,15-16H2,1-4H3,(H,31,36)/t20-,21+/m1/s1. The minimum absolute atomic E-state index is 0.0558. The fourth-order valence-electron chi connectivity index (χ4n) is 4.77. The number of aromatic nitrogens is 5. The topological polar surface area (TPSA) is 107 Å². The van der Waals surface area contributed by atoms with E-state index in [1.54, 1.807) is 59.7 Å². The van der Waals surface area contributed by atoms with Crippen molar-refractivity contribution in [2.45, 2.75) is 51.4 Å². The van der Waals surface area contributed by atoms with Gasteiger partial charge in [0, 0.05) is 31.2 Å². The van der Waals surface area contributed by atoms with Gasteiger partial charge in [-0.1, -0.05) is 17.3 Å². The Bertz CT molecular complexity index is 1480. The third kappa shape index (κ3) is 5.36. The van der Waals surface area contributed by atoms with Gasteiger partial charge in [0.25, 0.3) is 5.91 Å². The maximum absolute atomic E-state index is 15.1. The number of nitrogens with one attached hydrogen (secondary N) is 1. The van der Waals surface area contributed by atoms with Crippen molar-refractivity contribution in [1.29, 1.82) is 0 Å². The maximum Gasteiger partial charge on any atom is 0.410 e. The van der Waals surface area contributed by atoms with Gasteiger partial charge in [-0.15, -0.1) is 5.10 Å². The Balaban J connectivity index is 1.30. The van der Waals surface area contributed by atoms with Crippen LogP contribution in [0.5, 0.6) is 0 Å². The number of ether oxygens (including phenoxy) is 1. The smallest absolute Gasteiger partial charge is 0.410 e. The molecule has 0 radical (unpaired) electrons. The number of amides is 2. The highest BCUT2D eigenvalue weighted by molar-refractivity contribution is 5.95. The lowest BCUT2D eigenvalue weighted by Crippen LogP contribution is -2.43. The molecule has 38 heavy (non-hydrogen) atoms. The van der Waals surface area contributed by atoms with Crippen molar-refractivity contribution in [3.8, 4) is 11.1 Å². The predicted octanol–water partition coefficient (Wildman–Crippen LogP) is 3.78. The average Bonchev–Trinajstić information content (AvgIpc) is 3.59. The number of nitrogens with zero attached hydrogens (tertiary/aromatic N) is 6. The van der Waals surface area contributed by atoms with Gasteiger partial charge >= 0.3 is 6.09 Å². The zero-order chi connectivity index (χ0) is 27.0. The Labute approximate surface area is 219 Å². The number of carbonyl (C=O) groups is 2. The number of carbonyl (C=O) groups excluding carboxylic acids is 2. The summed E-state index contributed by atoms with van der Waals surface area (Å²) in [6.45, 7) is 6.04. The van der Waals surface area contributed by atoms with Crippen LogP contribution < -0.4 is 5.32 Å². The lowest BCUT2D eigenvalue weighted by molar-refractivity contribution is 0.0207. The molecule has 0 unspecified atom stereocenters. The third-order valence-corrected chi connectivity index (χ3v) is 6.54. The number of aryl methyl sites for hydroxylation is 1. The van der Waals surface area contributed by atoms with Crippen molar-refractivity contribution in [2.24, 2.45) is 7.05 Å². The molecule has 3 heterocycles. The summed E-state index contributed by atoms with van der Waals surface area (Å²) in [7, 11) is 1.86. The molecule has 0 spiro atoms. The molecule has 0 bridgehead atoms. The summed E-state index contributed by atoms with van der Waals surface area (Å²) in [4.78, 5) is 27.5. The molecule has 1 saturated heterocycles. The minimum Gasteiger partial charge on any atom is -0.444 e. The Morgan fingerprint density at radius 1 is 1.16 bits per heavy atom. The van der Waals surface area contributed by atoms with Crippen LogP contribution in [0.2, 0.25) is 0 Å². The van der Waals surface area contributed by atoms with Crippen LogP contribution in [0.4, 0.5) is 9.18 Å². The fourth-order valence-corrected chi connectivity index (χ4v) is 4.77. The second-order valence-electron chi connectivity index (χ2n) is 10.6. The van der Waals surface area contributed by atoms with Crippen molar-refractivity contribution < 1.29 is 18.7 Å². The van der Waals surface area contributed by atoms with Gasteiger partial charge < -0.3 is 15.0 Å². The molecule has 11 heteroatoms. The van der Waals surface area contributed by atoms with Gasteiger partial charge in [0.15, 0.2) is 0 Å². The SMILES string of the molecule is Cn1ncc2cc(-c3ccc(C(=O)N[C@@H]4C[C@@H](Cn5ccnn5)N(C(=O)OC(C)(C)C)C4)c(F)c3)ccc21. The molecular formula is C27H30FN7O3. The van der Waals surface area contributed by atoms with E-state index in [4.69, 9.17) is 4.74 Å². The van der Waals surface area contributed by atoms with Crippen LogP contribution in [0.3, 0.4) is 0 Å². The Morgan fingerprint density at radius 3 is 2.63 bits per heavy atom.